The first-order valence-corrected chi connectivity index (χ1v) is 11.2. The van der Waals surface area contributed by atoms with Crippen LogP contribution in [0.15, 0.2) is 59.6 Å². The van der Waals surface area contributed by atoms with E-state index in [0.717, 1.165) is 42.9 Å². The van der Waals surface area contributed by atoms with Crippen LogP contribution in [-0.4, -0.2) is 52.9 Å². The number of piperazine rings is 1. The van der Waals surface area contributed by atoms with Crippen molar-refractivity contribution in [3.05, 3.63) is 65.2 Å². The van der Waals surface area contributed by atoms with Crippen LogP contribution < -0.4 is 10.2 Å². The van der Waals surface area contributed by atoms with E-state index in [1.54, 1.807) is 0 Å². The fourth-order valence-electron chi connectivity index (χ4n) is 3.92. The van der Waals surface area contributed by atoms with Crippen molar-refractivity contribution in [2.24, 2.45) is 0 Å². The maximum atomic E-state index is 12.0. The SMILES string of the molecule is CN1CCN(c2ccc(-n3ccc4ccc(/C=C5\SC(=S)NC5=O)cc43)cc2)CC1. The van der Waals surface area contributed by atoms with Gasteiger partial charge in [-0.25, -0.2) is 0 Å². The molecule has 2 saturated heterocycles. The third kappa shape index (κ3) is 3.76. The first kappa shape index (κ1) is 19.4. The van der Waals surface area contributed by atoms with Crippen molar-refractivity contribution in [1.29, 1.82) is 0 Å². The molecule has 2 aliphatic rings. The number of hydrogen-bond donors (Lipinski definition) is 1. The Kier molecular flexibility index (Phi) is 5.10. The van der Waals surface area contributed by atoms with Crippen LogP contribution in [0, 0.1) is 0 Å². The number of rotatable bonds is 3. The molecular formula is C23H22N4OS2. The number of thioether (sulfide) groups is 1. The summed E-state index contributed by atoms with van der Waals surface area (Å²) >= 11 is 6.39. The molecule has 0 unspecified atom stereocenters. The van der Waals surface area contributed by atoms with E-state index in [2.05, 4.69) is 75.4 Å². The van der Waals surface area contributed by atoms with Crippen LogP contribution in [0.5, 0.6) is 0 Å². The summed E-state index contributed by atoms with van der Waals surface area (Å²) in [6.07, 6.45) is 3.99. The average Bonchev–Trinajstić information content (AvgIpc) is 3.31. The lowest BCUT2D eigenvalue weighted by atomic mass is 10.1. The first-order chi connectivity index (χ1) is 14.6. The summed E-state index contributed by atoms with van der Waals surface area (Å²) in [5.41, 5.74) is 4.50. The van der Waals surface area contributed by atoms with Crippen LogP contribution in [0.25, 0.3) is 22.7 Å². The van der Waals surface area contributed by atoms with Gasteiger partial charge in [-0.05, 0) is 60.5 Å². The molecule has 0 radical (unpaired) electrons. The van der Waals surface area contributed by atoms with Crippen molar-refractivity contribution >= 4 is 56.9 Å². The number of nitrogens with zero attached hydrogens (tertiary/aromatic N) is 3. The van der Waals surface area contributed by atoms with E-state index in [-0.39, 0.29) is 5.91 Å². The molecule has 1 amide bonds. The second-order valence-electron chi connectivity index (χ2n) is 7.66. The minimum absolute atomic E-state index is 0.125. The third-order valence-corrected chi connectivity index (χ3v) is 6.82. The van der Waals surface area contributed by atoms with Gasteiger partial charge in [0.25, 0.3) is 5.91 Å². The molecule has 0 atom stereocenters. The number of fused-ring (bicyclic) bond motifs is 1. The predicted molar refractivity (Wildman–Crippen MR) is 129 cm³/mol. The minimum atomic E-state index is -0.125. The number of nitrogens with one attached hydrogen (secondary N) is 1. The van der Waals surface area contributed by atoms with Crippen molar-refractivity contribution < 1.29 is 4.79 Å². The fraction of sp³-hybridized carbons (Fsp3) is 0.217. The molecule has 1 aromatic heterocycles. The molecule has 0 aliphatic carbocycles. The van der Waals surface area contributed by atoms with Gasteiger partial charge in [0, 0.05) is 43.8 Å². The van der Waals surface area contributed by atoms with Gasteiger partial charge in [-0.15, -0.1) is 0 Å². The highest BCUT2D eigenvalue weighted by atomic mass is 32.2. The molecule has 30 heavy (non-hydrogen) atoms. The number of carbonyl (C=O) groups is 1. The lowest BCUT2D eigenvalue weighted by Crippen LogP contribution is -2.44. The van der Waals surface area contributed by atoms with E-state index >= 15 is 0 Å². The molecule has 0 spiro atoms. The largest absolute Gasteiger partial charge is 0.369 e. The highest BCUT2D eigenvalue weighted by molar-refractivity contribution is 8.26. The molecule has 0 saturated carbocycles. The zero-order valence-electron chi connectivity index (χ0n) is 16.7. The second kappa shape index (κ2) is 7.91. The summed E-state index contributed by atoms with van der Waals surface area (Å²) < 4.78 is 2.70. The Balaban J connectivity index is 1.44. The smallest absolute Gasteiger partial charge is 0.263 e. The average molecular weight is 435 g/mol. The van der Waals surface area contributed by atoms with E-state index in [0.29, 0.717) is 9.23 Å². The van der Waals surface area contributed by atoms with Crippen molar-refractivity contribution in [3.63, 3.8) is 0 Å². The van der Waals surface area contributed by atoms with Gasteiger partial charge < -0.3 is 19.7 Å². The van der Waals surface area contributed by atoms with Gasteiger partial charge in [-0.1, -0.05) is 36.1 Å². The van der Waals surface area contributed by atoms with E-state index < -0.39 is 0 Å². The summed E-state index contributed by atoms with van der Waals surface area (Å²) in [5, 5.41) is 3.83. The van der Waals surface area contributed by atoms with Crippen LogP contribution in [0.3, 0.4) is 0 Å². The number of hydrogen-bond acceptors (Lipinski definition) is 5. The van der Waals surface area contributed by atoms with Crippen molar-refractivity contribution in [2.75, 3.05) is 38.1 Å². The number of likely N-dealkylation sites (N-methyl/N-ethyl adjacent to an activating group) is 1. The quantitative estimate of drug-likeness (QED) is 0.501. The highest BCUT2D eigenvalue weighted by Crippen LogP contribution is 2.28. The Morgan fingerprint density at radius 1 is 1.00 bits per heavy atom. The molecule has 0 bridgehead atoms. The molecule has 3 heterocycles. The second-order valence-corrected chi connectivity index (χ2v) is 9.38. The predicted octanol–water partition coefficient (Wildman–Crippen LogP) is 3.87. The lowest BCUT2D eigenvalue weighted by Gasteiger charge is -2.34. The summed E-state index contributed by atoms with van der Waals surface area (Å²) in [7, 11) is 2.17. The van der Waals surface area contributed by atoms with Gasteiger partial charge in [-0.3, -0.25) is 4.79 Å². The lowest BCUT2D eigenvalue weighted by molar-refractivity contribution is -0.115. The van der Waals surface area contributed by atoms with Gasteiger partial charge in [0.2, 0.25) is 0 Å². The van der Waals surface area contributed by atoms with Crippen molar-refractivity contribution in [3.8, 4) is 5.69 Å². The summed E-state index contributed by atoms with van der Waals surface area (Å²) in [4.78, 5) is 17.4. The number of anilines is 1. The molecule has 2 fully saturated rings. The summed E-state index contributed by atoms with van der Waals surface area (Å²) in [6, 6.07) is 17.1. The number of benzene rings is 2. The van der Waals surface area contributed by atoms with Crippen molar-refractivity contribution in [1.82, 2.24) is 14.8 Å². The van der Waals surface area contributed by atoms with Gasteiger partial charge in [0.05, 0.1) is 10.4 Å². The monoisotopic (exact) mass is 434 g/mol. The Morgan fingerprint density at radius 2 is 1.73 bits per heavy atom. The number of carbonyl (C=O) groups excluding carboxylic acids is 1. The van der Waals surface area contributed by atoms with Crippen LogP contribution >= 0.6 is 24.0 Å². The molecule has 152 valence electrons. The zero-order chi connectivity index (χ0) is 20.7. The van der Waals surface area contributed by atoms with E-state index in [1.807, 2.05) is 12.1 Å². The molecule has 1 N–H and O–H groups in total. The van der Waals surface area contributed by atoms with Crippen LogP contribution in [-0.2, 0) is 4.79 Å². The normalized spacial score (nSPS) is 19.1. The number of aromatic nitrogens is 1. The van der Waals surface area contributed by atoms with Crippen LogP contribution in [0.4, 0.5) is 5.69 Å². The molecule has 2 aromatic carbocycles. The Labute approximate surface area is 185 Å². The zero-order valence-corrected chi connectivity index (χ0v) is 18.3. The molecule has 5 nitrogen and oxygen atoms in total. The molecular weight excluding hydrogens is 412 g/mol. The topological polar surface area (TPSA) is 40.5 Å². The number of amides is 1. The van der Waals surface area contributed by atoms with Gasteiger partial charge in [0.1, 0.15) is 4.32 Å². The van der Waals surface area contributed by atoms with Crippen molar-refractivity contribution in [2.45, 2.75) is 0 Å². The van der Waals surface area contributed by atoms with Crippen LogP contribution in [0.2, 0.25) is 0 Å². The third-order valence-electron chi connectivity index (χ3n) is 5.65. The molecule has 2 aliphatic heterocycles. The van der Waals surface area contributed by atoms with Crippen LogP contribution in [0.1, 0.15) is 5.56 Å². The van der Waals surface area contributed by atoms with Gasteiger partial charge in [-0.2, -0.15) is 0 Å². The standard InChI is InChI=1S/C23H22N4OS2/c1-25-10-12-26(13-11-25)18-4-6-19(7-5-18)27-9-8-17-3-2-16(14-20(17)27)15-21-22(28)24-23(29)30-21/h2-9,14-15H,10-13H2,1H3,(H,24,28,29)/b21-15-. The van der Waals surface area contributed by atoms with E-state index in [9.17, 15) is 4.79 Å². The highest BCUT2D eigenvalue weighted by Gasteiger charge is 2.22. The van der Waals surface area contributed by atoms with E-state index in [4.69, 9.17) is 12.2 Å². The van der Waals surface area contributed by atoms with Gasteiger partial charge in [0.15, 0.2) is 0 Å². The Morgan fingerprint density at radius 3 is 2.43 bits per heavy atom. The maximum Gasteiger partial charge on any atom is 0.263 e. The van der Waals surface area contributed by atoms with Gasteiger partial charge >= 0.3 is 0 Å². The molecule has 5 rings (SSSR count). The fourth-order valence-corrected chi connectivity index (χ4v) is 4.97. The number of thiocarbonyl (C=S) groups is 1. The molecule has 3 aromatic rings. The van der Waals surface area contributed by atoms with E-state index in [1.165, 1.54) is 22.8 Å². The Bertz CT molecular complexity index is 1160. The maximum absolute atomic E-state index is 12.0. The first-order valence-electron chi connectivity index (χ1n) is 9.97. The molecule has 7 heteroatoms. The Hall–Kier alpha value is -2.61. The minimum Gasteiger partial charge on any atom is -0.369 e. The summed E-state index contributed by atoms with van der Waals surface area (Å²) in [6.45, 7) is 4.33. The summed E-state index contributed by atoms with van der Waals surface area (Å²) in [5.74, 6) is -0.125.